The van der Waals surface area contributed by atoms with E-state index >= 15 is 0 Å². The van der Waals surface area contributed by atoms with Crippen LogP contribution in [0.4, 0.5) is 0 Å². The number of carboxylic acids is 2. The molecule has 0 bridgehead atoms. The fourth-order valence-corrected chi connectivity index (χ4v) is 3.22. The summed E-state index contributed by atoms with van der Waals surface area (Å²) in [5.41, 5.74) is -0.152. The van der Waals surface area contributed by atoms with Gasteiger partial charge in [-0.2, -0.15) is 0 Å². The summed E-state index contributed by atoms with van der Waals surface area (Å²) < 4.78 is 10.6. The van der Waals surface area contributed by atoms with E-state index in [0.29, 0.717) is 5.57 Å². The third-order valence-corrected chi connectivity index (χ3v) is 4.68. The Kier molecular flexibility index (Phi) is 4.35. The first-order chi connectivity index (χ1) is 11.9. The zero-order valence-electron chi connectivity index (χ0n) is 13.6. The molecule has 6 heteroatoms. The molecule has 1 aliphatic carbocycles. The third kappa shape index (κ3) is 3.03. The minimum atomic E-state index is -1.35. The maximum absolute atomic E-state index is 12.0. The van der Waals surface area contributed by atoms with Crippen LogP contribution in [-0.2, 0) is 25.5 Å². The van der Waals surface area contributed by atoms with E-state index in [1.807, 2.05) is 30.3 Å². The highest BCUT2D eigenvalue weighted by Gasteiger charge is 2.47. The van der Waals surface area contributed by atoms with Crippen molar-refractivity contribution in [2.45, 2.75) is 19.6 Å². The number of hydrogen-bond donors (Lipinski definition) is 2. The van der Waals surface area contributed by atoms with Gasteiger partial charge in [0.1, 0.15) is 12.5 Å². The van der Waals surface area contributed by atoms with E-state index in [2.05, 4.69) is 0 Å². The molecule has 1 heterocycles. The summed E-state index contributed by atoms with van der Waals surface area (Å²) in [4.78, 5) is 23.9. The number of carbonyl (C=O) groups is 2. The van der Waals surface area contributed by atoms with E-state index in [4.69, 9.17) is 9.47 Å². The second-order valence-electron chi connectivity index (χ2n) is 6.21. The molecule has 3 rings (SSSR count). The van der Waals surface area contributed by atoms with Crippen molar-refractivity contribution in [2.75, 3.05) is 0 Å². The Labute approximate surface area is 144 Å². The van der Waals surface area contributed by atoms with Gasteiger partial charge in [0.2, 0.25) is 0 Å². The summed E-state index contributed by atoms with van der Waals surface area (Å²) in [5.74, 6) is -3.02. The average molecular weight is 342 g/mol. The SMILES string of the molecule is CC1(C(=O)O)C=CC(C2OC=CO2)=C(C(=O)O)C1Cc1ccccc1. The van der Waals surface area contributed by atoms with Crippen molar-refractivity contribution >= 4 is 11.9 Å². The number of aliphatic carboxylic acids is 2. The van der Waals surface area contributed by atoms with Gasteiger partial charge in [-0.25, -0.2) is 4.79 Å². The molecule has 1 aromatic carbocycles. The molecule has 0 spiro atoms. The Balaban J connectivity index is 2.09. The number of ether oxygens (including phenoxy) is 2. The van der Waals surface area contributed by atoms with Gasteiger partial charge in [-0.05, 0) is 18.9 Å². The molecule has 2 unspecified atom stereocenters. The smallest absolute Gasteiger partial charge is 0.332 e. The first-order valence-corrected chi connectivity index (χ1v) is 7.83. The first-order valence-electron chi connectivity index (χ1n) is 7.83. The Morgan fingerprint density at radius 3 is 2.32 bits per heavy atom. The lowest BCUT2D eigenvalue weighted by Crippen LogP contribution is -2.41. The van der Waals surface area contributed by atoms with Crippen LogP contribution in [0.2, 0.25) is 0 Å². The lowest BCUT2D eigenvalue weighted by Gasteiger charge is -2.36. The summed E-state index contributed by atoms with van der Waals surface area (Å²) in [6.07, 6.45) is 5.08. The van der Waals surface area contributed by atoms with Crippen LogP contribution in [0.15, 0.2) is 66.2 Å². The Morgan fingerprint density at radius 2 is 1.76 bits per heavy atom. The van der Waals surface area contributed by atoms with Crippen molar-refractivity contribution in [2.24, 2.45) is 11.3 Å². The average Bonchev–Trinajstić information content (AvgIpc) is 3.11. The predicted molar refractivity (Wildman–Crippen MR) is 88.3 cm³/mol. The van der Waals surface area contributed by atoms with Crippen LogP contribution >= 0.6 is 0 Å². The Hall–Kier alpha value is -3.02. The van der Waals surface area contributed by atoms with Crippen LogP contribution in [0, 0.1) is 11.3 Å². The van der Waals surface area contributed by atoms with Crippen LogP contribution in [0.3, 0.4) is 0 Å². The van der Waals surface area contributed by atoms with E-state index in [1.54, 1.807) is 0 Å². The molecule has 1 aromatic rings. The highest BCUT2D eigenvalue weighted by Crippen LogP contribution is 2.44. The summed E-state index contributed by atoms with van der Waals surface area (Å²) in [6.45, 7) is 1.54. The molecule has 0 amide bonds. The van der Waals surface area contributed by atoms with E-state index < -0.39 is 29.6 Å². The molecule has 0 saturated heterocycles. The molecule has 2 aliphatic rings. The number of rotatable bonds is 5. The van der Waals surface area contributed by atoms with Gasteiger partial charge in [-0.15, -0.1) is 0 Å². The van der Waals surface area contributed by atoms with Crippen LogP contribution < -0.4 is 0 Å². The monoisotopic (exact) mass is 342 g/mol. The molecule has 2 N–H and O–H groups in total. The molecule has 0 fully saturated rings. The van der Waals surface area contributed by atoms with E-state index in [9.17, 15) is 19.8 Å². The summed E-state index contributed by atoms with van der Waals surface area (Å²) in [7, 11) is 0. The van der Waals surface area contributed by atoms with Crippen LogP contribution in [-0.4, -0.2) is 28.4 Å². The van der Waals surface area contributed by atoms with Gasteiger partial charge >= 0.3 is 11.9 Å². The Morgan fingerprint density at radius 1 is 1.12 bits per heavy atom. The van der Waals surface area contributed by atoms with E-state index in [-0.39, 0.29) is 12.0 Å². The van der Waals surface area contributed by atoms with E-state index in [0.717, 1.165) is 5.56 Å². The highest BCUT2D eigenvalue weighted by molar-refractivity contribution is 5.92. The molecule has 1 aliphatic heterocycles. The van der Waals surface area contributed by atoms with Crippen LogP contribution in [0.1, 0.15) is 12.5 Å². The minimum Gasteiger partial charge on any atom is -0.481 e. The summed E-state index contributed by atoms with van der Waals surface area (Å²) in [6, 6.07) is 9.23. The minimum absolute atomic E-state index is 0.00459. The predicted octanol–water partition coefficient (Wildman–Crippen LogP) is 2.73. The van der Waals surface area contributed by atoms with Gasteiger partial charge in [-0.1, -0.05) is 42.5 Å². The van der Waals surface area contributed by atoms with Crippen molar-refractivity contribution in [3.05, 3.63) is 71.7 Å². The third-order valence-electron chi connectivity index (χ3n) is 4.68. The van der Waals surface area contributed by atoms with Crippen LogP contribution in [0.5, 0.6) is 0 Å². The standard InChI is InChI=1S/C19H18O6/c1-19(18(22)23)8-7-13(17-24-9-10-25-17)15(16(20)21)14(19)11-12-5-3-2-4-6-12/h2-10,14,17H,11H2,1H3,(H,20,21)(H,22,23). The lowest BCUT2D eigenvalue weighted by molar-refractivity contribution is -0.148. The van der Waals surface area contributed by atoms with Crippen molar-refractivity contribution in [1.82, 2.24) is 0 Å². The maximum atomic E-state index is 12.0. The lowest BCUT2D eigenvalue weighted by atomic mass is 9.66. The maximum Gasteiger partial charge on any atom is 0.332 e. The first kappa shape index (κ1) is 16.8. The second-order valence-corrected chi connectivity index (χ2v) is 6.21. The molecule has 0 radical (unpaired) electrons. The Bertz CT molecular complexity index is 768. The van der Waals surface area contributed by atoms with Gasteiger partial charge in [0.15, 0.2) is 0 Å². The van der Waals surface area contributed by atoms with Gasteiger partial charge < -0.3 is 19.7 Å². The zero-order chi connectivity index (χ0) is 18.0. The topological polar surface area (TPSA) is 93.1 Å². The van der Waals surface area contributed by atoms with Crippen LogP contribution in [0.25, 0.3) is 0 Å². The van der Waals surface area contributed by atoms with Crippen molar-refractivity contribution in [3.63, 3.8) is 0 Å². The molecule has 0 aromatic heterocycles. The molecule has 130 valence electrons. The summed E-state index contributed by atoms with van der Waals surface area (Å²) in [5, 5.41) is 19.6. The van der Waals surface area contributed by atoms with Gasteiger partial charge in [0.05, 0.1) is 11.0 Å². The van der Waals surface area contributed by atoms with E-state index in [1.165, 1.54) is 31.6 Å². The number of hydrogen-bond acceptors (Lipinski definition) is 4. The quantitative estimate of drug-likeness (QED) is 0.855. The molecule has 6 nitrogen and oxygen atoms in total. The molecular weight excluding hydrogens is 324 g/mol. The van der Waals surface area contributed by atoms with Gasteiger partial charge in [-0.3, -0.25) is 4.79 Å². The zero-order valence-corrected chi connectivity index (χ0v) is 13.6. The number of benzene rings is 1. The van der Waals surface area contributed by atoms with Crippen molar-refractivity contribution < 1.29 is 29.3 Å². The van der Waals surface area contributed by atoms with Crippen molar-refractivity contribution in [3.8, 4) is 0 Å². The second kappa shape index (κ2) is 6.47. The normalized spacial score (nSPS) is 25.6. The van der Waals surface area contributed by atoms with Gasteiger partial charge in [0.25, 0.3) is 6.29 Å². The summed E-state index contributed by atoms with van der Waals surface area (Å²) >= 11 is 0. The van der Waals surface area contributed by atoms with Crippen molar-refractivity contribution in [1.29, 1.82) is 0 Å². The molecule has 25 heavy (non-hydrogen) atoms. The molecular formula is C19H18O6. The largest absolute Gasteiger partial charge is 0.481 e. The fourth-order valence-electron chi connectivity index (χ4n) is 3.22. The molecule has 0 saturated carbocycles. The van der Waals surface area contributed by atoms with Gasteiger partial charge in [0, 0.05) is 11.5 Å². The molecule has 2 atom stereocenters. The fraction of sp³-hybridized carbons (Fsp3) is 0.263. The number of carboxylic acid groups (broad SMARTS) is 2. The highest BCUT2D eigenvalue weighted by atomic mass is 16.7.